The quantitative estimate of drug-likeness (QED) is 0.0391. The molecule has 51 heavy (non-hydrogen) atoms. The van der Waals surface area contributed by atoms with Gasteiger partial charge in [0.25, 0.3) is 0 Å². The monoisotopic (exact) mass is 720 g/mol. The summed E-state index contributed by atoms with van der Waals surface area (Å²) in [6.07, 6.45) is 40.1. The lowest BCUT2D eigenvalue weighted by Gasteiger charge is -2.38. The van der Waals surface area contributed by atoms with Crippen molar-refractivity contribution in [3.63, 3.8) is 0 Å². The zero-order valence-electron chi connectivity index (χ0n) is 34.7. The molecule has 302 valence electrons. The van der Waals surface area contributed by atoms with Gasteiger partial charge in [0, 0.05) is 32.5 Å². The molecule has 5 nitrogen and oxygen atoms in total. The van der Waals surface area contributed by atoms with E-state index in [1.807, 2.05) is 0 Å². The molecule has 1 aliphatic rings. The Morgan fingerprint density at radius 1 is 0.627 bits per heavy atom. The van der Waals surface area contributed by atoms with E-state index in [1.54, 1.807) is 0 Å². The Morgan fingerprint density at radius 2 is 1.10 bits per heavy atom. The molecule has 1 aliphatic heterocycles. The van der Waals surface area contributed by atoms with E-state index in [2.05, 4.69) is 32.3 Å². The second-order valence-electron chi connectivity index (χ2n) is 16.4. The Balaban J connectivity index is 2.28. The number of nitrogens with zero attached hydrogens (tertiary/aromatic N) is 1. The van der Waals surface area contributed by atoms with Crippen molar-refractivity contribution in [1.29, 1.82) is 0 Å². The van der Waals surface area contributed by atoms with Crippen LogP contribution in [0.25, 0.3) is 0 Å². The number of aliphatic hydroxyl groups excluding tert-OH is 1. The van der Waals surface area contributed by atoms with E-state index in [-0.39, 0.29) is 12.6 Å². The van der Waals surface area contributed by atoms with Crippen LogP contribution in [0.1, 0.15) is 226 Å². The molecule has 5 heteroatoms. The molecule has 0 amide bonds. The Bertz CT molecular complexity index is 756. The normalized spacial score (nSPS) is 16.6. The highest BCUT2D eigenvalue weighted by molar-refractivity contribution is 5.69. The fourth-order valence-corrected chi connectivity index (χ4v) is 8.17. The Kier molecular flexibility index (Phi) is 33.8. The maximum Gasteiger partial charge on any atom is 0.305 e. The fourth-order valence-electron chi connectivity index (χ4n) is 8.17. The SMILES string of the molecule is C=C(CCCCCC1CC(CCCC(=O)OCCCCCCCCCCC)CN(CCO)C1)OC(CCCCCCCC)CCCCCCCC. The van der Waals surface area contributed by atoms with Crippen LogP contribution in [0, 0.1) is 11.8 Å². The first-order chi connectivity index (χ1) is 25.0. The smallest absolute Gasteiger partial charge is 0.305 e. The van der Waals surface area contributed by atoms with Gasteiger partial charge >= 0.3 is 5.97 Å². The minimum atomic E-state index is -0.0177. The summed E-state index contributed by atoms with van der Waals surface area (Å²) in [6, 6.07) is 0. The van der Waals surface area contributed by atoms with E-state index < -0.39 is 0 Å². The fraction of sp³-hybridized carbons (Fsp3) is 0.935. The molecule has 0 aromatic heterocycles. The number of carbonyl (C=O) groups excluding carboxylic acids is 1. The molecule has 0 spiro atoms. The van der Waals surface area contributed by atoms with Crippen molar-refractivity contribution in [3.05, 3.63) is 12.3 Å². The molecule has 1 saturated heterocycles. The van der Waals surface area contributed by atoms with E-state index >= 15 is 0 Å². The standard InChI is InChI=1S/C46H89NO4/c1-5-8-11-14-17-18-19-22-28-38-50-46(49)35-29-32-44-39-43(40-47(41-44)36-37-48)31-25-23-24-30-42(4)51-45(33-26-20-15-12-9-6-2)34-27-21-16-13-10-7-3/h43-45,48H,4-41H2,1-3H3. The number of allylic oxidation sites excluding steroid dienone is 1. The summed E-state index contributed by atoms with van der Waals surface area (Å²) in [5.41, 5.74) is 0. The number of unbranched alkanes of at least 4 members (excludes halogenated alkanes) is 20. The van der Waals surface area contributed by atoms with Gasteiger partial charge in [0.05, 0.1) is 25.1 Å². The number of esters is 1. The number of hydrogen-bond acceptors (Lipinski definition) is 5. The van der Waals surface area contributed by atoms with Crippen molar-refractivity contribution in [2.75, 3.05) is 32.8 Å². The lowest BCUT2D eigenvalue weighted by atomic mass is 9.83. The Morgan fingerprint density at radius 3 is 1.63 bits per heavy atom. The lowest BCUT2D eigenvalue weighted by Crippen LogP contribution is -2.41. The highest BCUT2D eigenvalue weighted by atomic mass is 16.5. The molecule has 0 aliphatic carbocycles. The van der Waals surface area contributed by atoms with E-state index in [0.717, 1.165) is 57.5 Å². The summed E-state index contributed by atoms with van der Waals surface area (Å²) in [5, 5.41) is 9.65. The Labute approximate surface area is 318 Å². The number of piperidine rings is 1. The van der Waals surface area contributed by atoms with E-state index in [9.17, 15) is 9.90 Å². The van der Waals surface area contributed by atoms with Crippen LogP contribution in [0.4, 0.5) is 0 Å². The number of aliphatic hydroxyl groups is 1. The molecule has 0 radical (unpaired) electrons. The molecule has 0 bridgehead atoms. The summed E-state index contributed by atoms with van der Waals surface area (Å²) in [4.78, 5) is 14.8. The van der Waals surface area contributed by atoms with Crippen LogP contribution in [0.15, 0.2) is 12.3 Å². The van der Waals surface area contributed by atoms with Crippen LogP contribution in [0.3, 0.4) is 0 Å². The van der Waals surface area contributed by atoms with Crippen LogP contribution in [0.5, 0.6) is 0 Å². The minimum absolute atomic E-state index is 0.0177. The summed E-state index contributed by atoms with van der Waals surface area (Å²) in [5.74, 6) is 2.29. The first-order valence-electron chi connectivity index (χ1n) is 22.8. The summed E-state index contributed by atoms with van der Waals surface area (Å²) < 4.78 is 12.1. The third-order valence-corrected chi connectivity index (χ3v) is 11.3. The predicted molar refractivity (Wildman–Crippen MR) is 220 cm³/mol. The van der Waals surface area contributed by atoms with Gasteiger partial charge in [0.1, 0.15) is 0 Å². The molecule has 2 atom stereocenters. The van der Waals surface area contributed by atoms with Crippen molar-refractivity contribution in [1.82, 2.24) is 4.90 Å². The zero-order chi connectivity index (χ0) is 37.0. The van der Waals surface area contributed by atoms with E-state index in [4.69, 9.17) is 9.47 Å². The van der Waals surface area contributed by atoms with Crippen molar-refractivity contribution in [3.8, 4) is 0 Å². The third kappa shape index (κ3) is 30.0. The van der Waals surface area contributed by atoms with Crippen molar-refractivity contribution < 1.29 is 19.4 Å². The number of likely N-dealkylation sites (tertiary alicyclic amines) is 1. The van der Waals surface area contributed by atoms with Crippen molar-refractivity contribution >= 4 is 5.97 Å². The van der Waals surface area contributed by atoms with E-state index in [1.165, 1.54) is 167 Å². The number of hydrogen-bond donors (Lipinski definition) is 1. The third-order valence-electron chi connectivity index (χ3n) is 11.3. The molecule has 2 unspecified atom stereocenters. The average Bonchev–Trinajstić information content (AvgIpc) is 3.11. The minimum Gasteiger partial charge on any atom is -0.495 e. The molecule has 1 N–H and O–H groups in total. The summed E-state index contributed by atoms with van der Waals surface area (Å²) in [6.45, 7) is 14.9. The molecule has 0 saturated carbocycles. The first kappa shape index (κ1) is 48.0. The van der Waals surface area contributed by atoms with Gasteiger partial charge in [-0.3, -0.25) is 4.79 Å². The molecular weight excluding hydrogens is 631 g/mol. The number of β-amino-alcohol motifs (C(OH)–C–C–N with tert-alkyl or cyclic N) is 1. The van der Waals surface area contributed by atoms with E-state index in [0.29, 0.717) is 31.0 Å². The lowest BCUT2D eigenvalue weighted by molar-refractivity contribution is -0.144. The van der Waals surface area contributed by atoms with Crippen LogP contribution < -0.4 is 0 Å². The number of carbonyl (C=O) groups is 1. The molecule has 0 aromatic carbocycles. The van der Waals surface area contributed by atoms with Gasteiger partial charge in [-0.25, -0.2) is 0 Å². The summed E-state index contributed by atoms with van der Waals surface area (Å²) >= 11 is 0. The number of rotatable bonds is 38. The summed E-state index contributed by atoms with van der Waals surface area (Å²) in [7, 11) is 0. The molecule has 1 rings (SSSR count). The van der Waals surface area contributed by atoms with Gasteiger partial charge < -0.3 is 19.5 Å². The van der Waals surface area contributed by atoms with Gasteiger partial charge in [-0.1, -0.05) is 156 Å². The van der Waals surface area contributed by atoms with Gasteiger partial charge in [-0.2, -0.15) is 0 Å². The van der Waals surface area contributed by atoms with Gasteiger partial charge in [-0.05, 0) is 76.0 Å². The molecule has 1 fully saturated rings. The topological polar surface area (TPSA) is 59.0 Å². The van der Waals surface area contributed by atoms with Crippen LogP contribution in [-0.2, 0) is 14.3 Å². The largest absolute Gasteiger partial charge is 0.495 e. The van der Waals surface area contributed by atoms with Gasteiger partial charge in [-0.15, -0.1) is 0 Å². The highest BCUT2D eigenvalue weighted by Gasteiger charge is 2.26. The van der Waals surface area contributed by atoms with Gasteiger partial charge in [0.2, 0.25) is 0 Å². The molecule has 1 heterocycles. The van der Waals surface area contributed by atoms with Crippen molar-refractivity contribution in [2.24, 2.45) is 11.8 Å². The highest BCUT2D eigenvalue weighted by Crippen LogP contribution is 2.30. The second-order valence-corrected chi connectivity index (χ2v) is 16.4. The van der Waals surface area contributed by atoms with Crippen LogP contribution >= 0.6 is 0 Å². The molecular formula is C46H89NO4. The Hall–Kier alpha value is -1.07. The van der Waals surface area contributed by atoms with Gasteiger partial charge in [0.15, 0.2) is 0 Å². The predicted octanol–water partition coefficient (Wildman–Crippen LogP) is 13.5. The zero-order valence-corrected chi connectivity index (χ0v) is 34.7. The average molecular weight is 720 g/mol. The van der Waals surface area contributed by atoms with Crippen LogP contribution in [0.2, 0.25) is 0 Å². The van der Waals surface area contributed by atoms with Crippen molar-refractivity contribution in [2.45, 2.75) is 232 Å². The second kappa shape index (κ2) is 35.9. The van der Waals surface area contributed by atoms with Crippen LogP contribution in [-0.4, -0.2) is 54.9 Å². The number of ether oxygens (including phenoxy) is 2. The first-order valence-corrected chi connectivity index (χ1v) is 22.8. The maximum absolute atomic E-state index is 12.4. The maximum atomic E-state index is 12.4. The molecule has 0 aromatic rings.